The van der Waals surface area contributed by atoms with Crippen molar-refractivity contribution in [2.45, 2.75) is 103 Å². The summed E-state index contributed by atoms with van der Waals surface area (Å²) in [7, 11) is 3.30. The molecule has 0 aromatic carbocycles. The molecule has 12 heteroatoms. The average molecular weight is 584 g/mol. The van der Waals surface area contributed by atoms with E-state index in [1.54, 1.807) is 35.0 Å². The first kappa shape index (κ1) is 34.2. The van der Waals surface area contributed by atoms with Crippen molar-refractivity contribution in [3.05, 3.63) is 11.3 Å². The molecule has 0 aromatic rings. The van der Waals surface area contributed by atoms with E-state index in [0.29, 0.717) is 38.5 Å². The first-order valence-corrected chi connectivity index (χ1v) is 14.3. The van der Waals surface area contributed by atoms with E-state index in [2.05, 4.69) is 5.32 Å². The number of amides is 1. The van der Waals surface area contributed by atoms with Gasteiger partial charge in [-0.2, -0.15) is 0 Å². The largest absolute Gasteiger partial charge is 0.509 e. The lowest BCUT2D eigenvalue weighted by molar-refractivity contribution is -0.162. The van der Waals surface area contributed by atoms with Gasteiger partial charge in [0.1, 0.15) is 18.0 Å². The van der Waals surface area contributed by atoms with Gasteiger partial charge in [0.15, 0.2) is 5.57 Å². The number of ketones is 1. The van der Waals surface area contributed by atoms with Gasteiger partial charge >= 0.3 is 17.9 Å². The van der Waals surface area contributed by atoms with Crippen molar-refractivity contribution in [2.75, 3.05) is 34.0 Å². The SMILES string of the molecule is CCOC(=O)C1=C(O)C2(CCC(OC)CC2)NC1=O.CCOC(=O)CC(=O)CC1(C(=O)OCC)CCC(OC)CC1. The predicted octanol–water partition coefficient (Wildman–Crippen LogP) is 2.86. The van der Waals surface area contributed by atoms with E-state index >= 15 is 0 Å². The van der Waals surface area contributed by atoms with Crippen LogP contribution in [0.25, 0.3) is 0 Å². The molecule has 232 valence electrons. The molecule has 2 fully saturated rings. The molecule has 2 N–H and O–H groups in total. The van der Waals surface area contributed by atoms with Gasteiger partial charge in [-0.25, -0.2) is 4.79 Å². The maximum atomic E-state index is 12.3. The monoisotopic (exact) mass is 583 g/mol. The number of ether oxygens (including phenoxy) is 5. The van der Waals surface area contributed by atoms with Crippen molar-refractivity contribution in [1.82, 2.24) is 5.32 Å². The fourth-order valence-electron chi connectivity index (χ4n) is 5.69. The van der Waals surface area contributed by atoms with Gasteiger partial charge < -0.3 is 34.1 Å². The number of carbonyl (C=O) groups is 5. The number of Topliss-reactive ketones (excluding diaryl/α,β-unsaturated/α-hetero) is 1. The third-order valence-electron chi connectivity index (χ3n) is 7.98. The molecule has 0 atom stereocenters. The lowest BCUT2D eigenvalue weighted by Gasteiger charge is -2.37. The molecule has 2 saturated carbocycles. The minimum atomic E-state index is -0.825. The van der Waals surface area contributed by atoms with Gasteiger partial charge in [-0.15, -0.1) is 0 Å². The number of rotatable bonds is 11. The fourth-order valence-corrected chi connectivity index (χ4v) is 5.69. The molecule has 1 amide bonds. The Morgan fingerprint density at radius 1 is 0.829 bits per heavy atom. The second-order valence-electron chi connectivity index (χ2n) is 10.5. The Bertz CT molecular complexity index is 973. The number of hydrogen-bond acceptors (Lipinski definition) is 11. The summed E-state index contributed by atoms with van der Waals surface area (Å²) < 4.78 is 25.3. The van der Waals surface area contributed by atoms with Crippen LogP contribution in [0.2, 0.25) is 0 Å². The Labute approximate surface area is 241 Å². The van der Waals surface area contributed by atoms with Crippen LogP contribution in [-0.4, -0.2) is 86.5 Å². The lowest BCUT2D eigenvalue weighted by atomic mass is 9.70. The van der Waals surface area contributed by atoms with E-state index in [-0.39, 0.29) is 68.0 Å². The summed E-state index contributed by atoms with van der Waals surface area (Å²) in [6.45, 7) is 5.77. The summed E-state index contributed by atoms with van der Waals surface area (Å²) in [6, 6.07) is 0. The van der Waals surface area contributed by atoms with Crippen LogP contribution in [-0.2, 0) is 47.7 Å². The molecule has 0 bridgehead atoms. The molecule has 3 aliphatic rings. The highest BCUT2D eigenvalue weighted by Gasteiger charge is 2.50. The Morgan fingerprint density at radius 2 is 1.34 bits per heavy atom. The number of carbonyl (C=O) groups excluding carboxylic acids is 5. The van der Waals surface area contributed by atoms with Crippen LogP contribution in [0.15, 0.2) is 11.3 Å². The van der Waals surface area contributed by atoms with Gasteiger partial charge in [-0.05, 0) is 72.1 Å². The number of methoxy groups -OCH3 is 2. The molecule has 2 aliphatic carbocycles. The molecular formula is C29H45NO11. The first-order valence-electron chi connectivity index (χ1n) is 14.3. The summed E-state index contributed by atoms with van der Waals surface area (Å²) in [5.41, 5.74) is -1.89. The summed E-state index contributed by atoms with van der Waals surface area (Å²) in [4.78, 5) is 59.4. The van der Waals surface area contributed by atoms with E-state index in [1.807, 2.05) is 0 Å². The maximum Gasteiger partial charge on any atom is 0.347 e. The zero-order valence-corrected chi connectivity index (χ0v) is 24.9. The number of nitrogens with one attached hydrogen (secondary N) is 1. The zero-order chi connectivity index (χ0) is 30.6. The van der Waals surface area contributed by atoms with Crippen LogP contribution < -0.4 is 5.32 Å². The molecule has 12 nitrogen and oxygen atoms in total. The second-order valence-corrected chi connectivity index (χ2v) is 10.5. The number of esters is 3. The Hall–Kier alpha value is -2.99. The van der Waals surface area contributed by atoms with Crippen LogP contribution in [0.3, 0.4) is 0 Å². The Balaban J connectivity index is 0.000000289. The molecule has 3 rings (SSSR count). The quantitative estimate of drug-likeness (QED) is 0.159. The molecule has 1 spiro atoms. The number of aliphatic hydroxyl groups is 1. The third-order valence-corrected chi connectivity index (χ3v) is 7.98. The predicted molar refractivity (Wildman–Crippen MR) is 146 cm³/mol. The normalized spacial score (nSPS) is 27.4. The minimum Gasteiger partial charge on any atom is -0.509 e. The van der Waals surface area contributed by atoms with E-state index in [9.17, 15) is 29.1 Å². The third kappa shape index (κ3) is 8.75. The van der Waals surface area contributed by atoms with E-state index in [1.165, 1.54) is 0 Å². The van der Waals surface area contributed by atoms with Crippen molar-refractivity contribution >= 4 is 29.6 Å². The highest BCUT2D eigenvalue weighted by Crippen LogP contribution is 2.42. The van der Waals surface area contributed by atoms with Gasteiger partial charge in [-0.3, -0.25) is 19.2 Å². The van der Waals surface area contributed by atoms with Crippen molar-refractivity contribution in [2.24, 2.45) is 5.41 Å². The molecule has 1 aliphatic heterocycles. The molecule has 0 radical (unpaired) electrons. The number of aliphatic hydroxyl groups excluding tert-OH is 1. The maximum absolute atomic E-state index is 12.3. The fraction of sp³-hybridized carbons (Fsp3) is 0.759. The summed E-state index contributed by atoms with van der Waals surface area (Å²) in [5.74, 6) is -2.65. The molecule has 0 unspecified atom stereocenters. The lowest BCUT2D eigenvalue weighted by Crippen LogP contribution is -2.48. The second kappa shape index (κ2) is 15.9. The Morgan fingerprint density at radius 3 is 1.83 bits per heavy atom. The standard InChI is InChI=1S/C16H26O6.C13H19NO5/c1-4-21-14(18)10-12(17)11-16(15(19)22-5-2)8-6-13(20-3)7-9-16;1-3-19-12(17)9-10(15)13(14-11(9)16)6-4-8(18-2)5-7-13/h13H,4-11H2,1-3H3;8,15H,3-7H2,1-2H3,(H,14,16). The van der Waals surface area contributed by atoms with Gasteiger partial charge in [-0.1, -0.05) is 0 Å². The van der Waals surface area contributed by atoms with Crippen molar-refractivity contribution in [1.29, 1.82) is 0 Å². The molecule has 1 heterocycles. The van der Waals surface area contributed by atoms with Crippen LogP contribution in [0.1, 0.15) is 85.0 Å². The summed E-state index contributed by atoms with van der Waals surface area (Å²) in [6.07, 6.45) is 5.09. The molecule has 0 aromatic heterocycles. The van der Waals surface area contributed by atoms with E-state index in [0.717, 1.165) is 12.8 Å². The summed E-state index contributed by atoms with van der Waals surface area (Å²) in [5, 5.41) is 13.0. The molecule has 41 heavy (non-hydrogen) atoms. The van der Waals surface area contributed by atoms with E-state index < -0.39 is 28.8 Å². The van der Waals surface area contributed by atoms with E-state index in [4.69, 9.17) is 23.7 Å². The van der Waals surface area contributed by atoms with Crippen molar-refractivity contribution in [3.63, 3.8) is 0 Å². The van der Waals surface area contributed by atoms with Crippen molar-refractivity contribution in [3.8, 4) is 0 Å². The number of hydrogen-bond donors (Lipinski definition) is 2. The van der Waals surface area contributed by atoms with Gasteiger partial charge in [0, 0.05) is 20.6 Å². The smallest absolute Gasteiger partial charge is 0.347 e. The zero-order valence-electron chi connectivity index (χ0n) is 24.9. The first-order chi connectivity index (χ1) is 19.5. The molecular weight excluding hydrogens is 538 g/mol. The Kier molecular flexibility index (Phi) is 13.2. The summed E-state index contributed by atoms with van der Waals surface area (Å²) >= 11 is 0. The van der Waals surface area contributed by atoms with Gasteiger partial charge in [0.25, 0.3) is 5.91 Å². The highest BCUT2D eigenvalue weighted by molar-refractivity contribution is 6.19. The minimum absolute atomic E-state index is 0.0289. The van der Waals surface area contributed by atoms with Crippen LogP contribution in [0.4, 0.5) is 0 Å². The van der Waals surface area contributed by atoms with Crippen LogP contribution >= 0.6 is 0 Å². The van der Waals surface area contributed by atoms with Crippen LogP contribution in [0.5, 0.6) is 0 Å². The average Bonchev–Trinajstić information content (AvgIpc) is 3.18. The topological polar surface area (TPSA) is 164 Å². The van der Waals surface area contributed by atoms with Crippen LogP contribution in [0, 0.1) is 5.41 Å². The highest BCUT2D eigenvalue weighted by atomic mass is 16.5. The molecule has 0 saturated heterocycles. The van der Waals surface area contributed by atoms with Gasteiger partial charge in [0.2, 0.25) is 0 Å². The van der Waals surface area contributed by atoms with Crippen molar-refractivity contribution < 1.29 is 52.8 Å². The van der Waals surface area contributed by atoms with Gasteiger partial charge in [0.05, 0.1) is 43.0 Å².